The number of benzene rings is 1. The van der Waals surface area contributed by atoms with E-state index in [1.165, 1.54) is 5.57 Å². The molecule has 3 saturated carbocycles. The van der Waals surface area contributed by atoms with Gasteiger partial charge >= 0.3 is 0 Å². The lowest BCUT2D eigenvalue weighted by atomic mass is 9.45. The number of rotatable bonds is 1. The Labute approximate surface area is 189 Å². The van der Waals surface area contributed by atoms with E-state index < -0.39 is 17.1 Å². The summed E-state index contributed by atoms with van der Waals surface area (Å²) in [5.41, 5.74) is 1.85. The van der Waals surface area contributed by atoms with Crippen LogP contribution < -0.4 is 0 Å². The van der Waals surface area contributed by atoms with E-state index in [1.54, 1.807) is 6.20 Å². The number of fused-ring (bicyclic) bond motifs is 6. The van der Waals surface area contributed by atoms with Gasteiger partial charge in [0, 0.05) is 11.8 Å². The van der Waals surface area contributed by atoms with Gasteiger partial charge < -0.3 is 10.2 Å². The first-order chi connectivity index (χ1) is 15.3. The van der Waals surface area contributed by atoms with Crippen molar-refractivity contribution in [1.82, 2.24) is 9.97 Å². The highest BCUT2D eigenvalue weighted by atomic mass is 16.3. The van der Waals surface area contributed by atoms with Crippen LogP contribution in [0.25, 0.3) is 11.0 Å². The standard InChI is InChI=1S/C27H32N2O3/c1-25-11-9-17(30)13-16(25)7-8-18-19-10-12-27(32,26(19,2)14-22(31)24(18)25)23-15-28-20-5-3-4-6-21(20)29-23/h3-6,13,15,18-19,22,24,31-32H,7-12,14H2,1-2H3/t18?,19?,22-,24?,25-,26-,27-/m0/s1. The zero-order chi connectivity index (χ0) is 22.3. The number of hydrogen-bond acceptors (Lipinski definition) is 5. The summed E-state index contributed by atoms with van der Waals surface area (Å²) in [5.74, 6) is 1.06. The number of ketones is 1. The molecule has 4 aliphatic rings. The number of carbonyl (C=O) groups excluding carboxylic acids is 1. The fourth-order valence-electron chi connectivity index (χ4n) is 8.27. The summed E-state index contributed by atoms with van der Waals surface area (Å²) in [7, 11) is 0. The normalized spacial score (nSPS) is 43.4. The van der Waals surface area contributed by atoms with Gasteiger partial charge in [0.2, 0.25) is 0 Å². The minimum absolute atomic E-state index is 0.110. The van der Waals surface area contributed by atoms with Gasteiger partial charge in [0.15, 0.2) is 5.78 Å². The van der Waals surface area contributed by atoms with E-state index in [0.717, 1.165) is 36.7 Å². The molecule has 1 heterocycles. The van der Waals surface area contributed by atoms with Gasteiger partial charge in [0.05, 0.1) is 29.0 Å². The molecule has 0 bridgehead atoms. The Kier molecular flexibility index (Phi) is 4.29. The van der Waals surface area contributed by atoms with Crippen molar-refractivity contribution in [3.63, 3.8) is 0 Å². The van der Waals surface area contributed by atoms with Gasteiger partial charge in [0.1, 0.15) is 5.60 Å². The average Bonchev–Trinajstić information content (AvgIpc) is 3.05. The van der Waals surface area contributed by atoms with Crippen LogP contribution in [0.5, 0.6) is 0 Å². The molecular formula is C27H32N2O3. The van der Waals surface area contributed by atoms with Gasteiger partial charge in [0.25, 0.3) is 0 Å². The third kappa shape index (κ3) is 2.55. The monoisotopic (exact) mass is 432 g/mol. The summed E-state index contributed by atoms with van der Waals surface area (Å²) in [4.78, 5) is 21.5. The third-order valence-corrected chi connectivity index (χ3v) is 9.92. The van der Waals surface area contributed by atoms with Crippen molar-refractivity contribution in [2.75, 3.05) is 0 Å². The second-order valence-corrected chi connectivity index (χ2v) is 11.2. The quantitative estimate of drug-likeness (QED) is 0.701. The van der Waals surface area contributed by atoms with E-state index in [0.29, 0.717) is 36.8 Å². The lowest BCUT2D eigenvalue weighted by Gasteiger charge is -2.60. The van der Waals surface area contributed by atoms with E-state index in [9.17, 15) is 15.0 Å². The maximum absolute atomic E-state index is 12.1. The fraction of sp³-hybridized carbons (Fsp3) is 0.593. The molecule has 6 rings (SSSR count). The molecule has 0 spiro atoms. The van der Waals surface area contributed by atoms with Gasteiger partial charge in [-0.25, -0.2) is 4.98 Å². The maximum atomic E-state index is 12.1. The van der Waals surface area contributed by atoms with Crippen molar-refractivity contribution >= 4 is 16.8 Å². The van der Waals surface area contributed by atoms with Crippen LogP contribution in [0.4, 0.5) is 0 Å². The molecule has 2 N–H and O–H groups in total. The number of para-hydroxylation sites is 2. The van der Waals surface area contributed by atoms with Crippen molar-refractivity contribution in [2.24, 2.45) is 28.6 Å². The molecule has 168 valence electrons. The number of aromatic nitrogens is 2. The Balaban J connectivity index is 1.40. The minimum atomic E-state index is -1.10. The highest BCUT2D eigenvalue weighted by Gasteiger charge is 2.67. The molecule has 4 aliphatic carbocycles. The lowest BCUT2D eigenvalue weighted by molar-refractivity contribution is -0.176. The molecule has 7 atom stereocenters. The molecule has 32 heavy (non-hydrogen) atoms. The first kappa shape index (κ1) is 20.5. The highest BCUT2D eigenvalue weighted by Crippen LogP contribution is 2.69. The lowest BCUT2D eigenvalue weighted by Crippen LogP contribution is -2.59. The van der Waals surface area contributed by atoms with Crippen LogP contribution in [0, 0.1) is 28.6 Å². The van der Waals surface area contributed by atoms with E-state index in [1.807, 2.05) is 30.3 Å². The highest BCUT2D eigenvalue weighted by molar-refractivity contribution is 5.91. The maximum Gasteiger partial charge on any atom is 0.155 e. The Bertz CT molecular complexity index is 1140. The van der Waals surface area contributed by atoms with E-state index in [-0.39, 0.29) is 17.1 Å². The van der Waals surface area contributed by atoms with E-state index in [2.05, 4.69) is 18.8 Å². The average molecular weight is 433 g/mol. The molecule has 1 aromatic heterocycles. The Morgan fingerprint density at radius 3 is 2.66 bits per heavy atom. The van der Waals surface area contributed by atoms with E-state index >= 15 is 0 Å². The predicted octanol–water partition coefficient (Wildman–Crippen LogP) is 4.32. The zero-order valence-corrected chi connectivity index (χ0v) is 18.9. The number of carbonyl (C=O) groups is 1. The van der Waals surface area contributed by atoms with Crippen LogP contribution >= 0.6 is 0 Å². The number of hydrogen-bond donors (Lipinski definition) is 2. The number of aliphatic hydroxyl groups excluding tert-OH is 1. The summed E-state index contributed by atoms with van der Waals surface area (Å²) in [6.45, 7) is 4.43. The van der Waals surface area contributed by atoms with Crippen LogP contribution in [0.3, 0.4) is 0 Å². The Morgan fingerprint density at radius 2 is 1.84 bits per heavy atom. The Morgan fingerprint density at radius 1 is 1.06 bits per heavy atom. The molecule has 1 aromatic carbocycles. The largest absolute Gasteiger partial charge is 0.393 e. The number of allylic oxidation sites excluding steroid dienone is 1. The molecular weight excluding hydrogens is 400 g/mol. The SMILES string of the molecule is C[C@]12CCC(=O)C=C1CCC1C2[C@@H](O)C[C@@]2(C)C1CC[C@]2(O)c1cnc2ccccc2n1. The summed E-state index contributed by atoms with van der Waals surface area (Å²) >= 11 is 0. The van der Waals surface area contributed by atoms with Crippen molar-refractivity contribution in [2.45, 2.75) is 70.5 Å². The van der Waals surface area contributed by atoms with Gasteiger partial charge in [-0.3, -0.25) is 9.78 Å². The number of nitrogens with zero attached hydrogens (tertiary/aromatic N) is 2. The molecule has 0 amide bonds. The van der Waals surface area contributed by atoms with Crippen molar-refractivity contribution < 1.29 is 15.0 Å². The van der Waals surface area contributed by atoms with Crippen LogP contribution in [0.15, 0.2) is 42.1 Å². The zero-order valence-electron chi connectivity index (χ0n) is 18.9. The summed E-state index contributed by atoms with van der Waals surface area (Å²) in [5, 5.41) is 23.7. The first-order valence-corrected chi connectivity index (χ1v) is 12.1. The molecule has 0 aliphatic heterocycles. The van der Waals surface area contributed by atoms with Crippen LogP contribution in [-0.2, 0) is 10.4 Å². The predicted molar refractivity (Wildman–Crippen MR) is 122 cm³/mol. The van der Waals surface area contributed by atoms with Crippen LogP contribution in [0.2, 0.25) is 0 Å². The molecule has 3 fully saturated rings. The molecule has 2 aromatic rings. The van der Waals surface area contributed by atoms with Gasteiger partial charge in [-0.2, -0.15) is 0 Å². The number of aliphatic hydroxyl groups is 2. The summed E-state index contributed by atoms with van der Waals surface area (Å²) in [6, 6.07) is 7.77. The van der Waals surface area contributed by atoms with E-state index in [4.69, 9.17) is 4.98 Å². The molecule has 0 saturated heterocycles. The molecule has 3 unspecified atom stereocenters. The fourth-order valence-corrected chi connectivity index (χ4v) is 8.27. The van der Waals surface area contributed by atoms with Gasteiger partial charge in [-0.15, -0.1) is 0 Å². The van der Waals surface area contributed by atoms with Crippen LogP contribution in [0.1, 0.15) is 64.5 Å². The topological polar surface area (TPSA) is 83.3 Å². The van der Waals surface area contributed by atoms with Crippen molar-refractivity contribution in [3.05, 3.63) is 47.8 Å². The third-order valence-electron chi connectivity index (χ3n) is 9.92. The van der Waals surface area contributed by atoms with Gasteiger partial charge in [-0.1, -0.05) is 31.6 Å². The summed E-state index contributed by atoms with van der Waals surface area (Å²) < 4.78 is 0. The second kappa shape index (κ2) is 6.71. The molecule has 0 radical (unpaired) electrons. The van der Waals surface area contributed by atoms with Crippen molar-refractivity contribution in [3.8, 4) is 0 Å². The Hall–Kier alpha value is -2.11. The smallest absolute Gasteiger partial charge is 0.155 e. The van der Waals surface area contributed by atoms with Gasteiger partial charge in [-0.05, 0) is 79.9 Å². The van der Waals surface area contributed by atoms with Crippen molar-refractivity contribution in [1.29, 1.82) is 0 Å². The first-order valence-electron chi connectivity index (χ1n) is 12.1. The second-order valence-electron chi connectivity index (χ2n) is 11.2. The molecule has 5 heteroatoms. The van der Waals surface area contributed by atoms with Crippen LogP contribution in [-0.4, -0.2) is 32.1 Å². The summed E-state index contributed by atoms with van der Waals surface area (Å²) in [6.07, 6.45) is 8.57. The molecule has 5 nitrogen and oxygen atoms in total. The minimum Gasteiger partial charge on any atom is -0.393 e.